The van der Waals surface area contributed by atoms with E-state index in [1.54, 1.807) is 0 Å². The molecule has 0 N–H and O–H groups in total. The number of rotatable bonds is 7. The van der Waals surface area contributed by atoms with E-state index in [-0.39, 0.29) is 10.8 Å². The summed E-state index contributed by atoms with van der Waals surface area (Å²) in [5.74, 6) is 0.585. The Kier molecular flexibility index (Phi) is 10.1. The Morgan fingerprint density at radius 1 is 0.468 bits per heavy atom. The molecule has 0 unspecified atom stereocenters. The van der Waals surface area contributed by atoms with E-state index in [1.165, 1.54) is 121 Å². The van der Waals surface area contributed by atoms with Gasteiger partial charge < -0.3 is 9.47 Å². The van der Waals surface area contributed by atoms with E-state index in [2.05, 4.69) is 227 Å². The summed E-state index contributed by atoms with van der Waals surface area (Å²) < 4.78 is 2.42. The van der Waals surface area contributed by atoms with E-state index in [4.69, 9.17) is 0 Å². The van der Waals surface area contributed by atoms with E-state index in [0.717, 1.165) is 5.69 Å². The molecule has 1 aliphatic rings. The first-order chi connectivity index (χ1) is 30.0. The molecule has 0 amide bonds. The quantitative estimate of drug-likeness (QED) is 0.156. The molecule has 308 valence electrons. The fourth-order valence-electron chi connectivity index (χ4n) is 10.2. The normalized spacial score (nSPS) is 13.9. The van der Waals surface area contributed by atoms with Gasteiger partial charge in [-0.25, -0.2) is 0 Å². The minimum atomic E-state index is -0.0454. The number of anilines is 3. The maximum Gasteiger partial charge on any atom is 0.0547 e. The van der Waals surface area contributed by atoms with Crippen LogP contribution in [0.5, 0.6) is 0 Å². The Labute approximate surface area is 368 Å². The van der Waals surface area contributed by atoms with Crippen molar-refractivity contribution in [2.75, 3.05) is 4.90 Å². The Morgan fingerprint density at radius 3 is 1.84 bits per heavy atom. The van der Waals surface area contributed by atoms with Crippen LogP contribution < -0.4 is 4.90 Å². The lowest BCUT2D eigenvalue weighted by Gasteiger charge is -2.33. The molecule has 1 saturated carbocycles. The smallest absolute Gasteiger partial charge is 0.0547 e. The van der Waals surface area contributed by atoms with Gasteiger partial charge in [-0.2, -0.15) is 0 Å². The van der Waals surface area contributed by atoms with Gasteiger partial charge in [0.15, 0.2) is 0 Å². The highest BCUT2D eigenvalue weighted by Gasteiger charge is 2.27. The van der Waals surface area contributed by atoms with Crippen molar-refractivity contribution in [3.63, 3.8) is 0 Å². The highest BCUT2D eigenvalue weighted by molar-refractivity contribution is 6.16. The molecule has 1 fully saturated rings. The maximum atomic E-state index is 2.55. The summed E-state index contributed by atoms with van der Waals surface area (Å²) in [5, 5.41) is 5.25. The third-order valence-electron chi connectivity index (χ3n) is 13.5. The van der Waals surface area contributed by atoms with E-state index in [1.807, 2.05) is 0 Å². The summed E-state index contributed by atoms with van der Waals surface area (Å²) in [4.78, 5) is 2.55. The second kappa shape index (κ2) is 15.8. The average Bonchev–Trinajstić information content (AvgIpc) is 3.64. The van der Waals surface area contributed by atoms with Crippen LogP contribution in [0.15, 0.2) is 176 Å². The van der Waals surface area contributed by atoms with Gasteiger partial charge >= 0.3 is 0 Å². The Bertz CT molecular complexity index is 3040. The molecule has 1 aromatic heterocycles. The maximum absolute atomic E-state index is 2.55. The van der Waals surface area contributed by atoms with Gasteiger partial charge in [0.05, 0.1) is 16.7 Å². The number of hydrogen-bond donors (Lipinski definition) is 0. The fraction of sp³-hybridized carbons (Fsp3) is 0.233. The van der Waals surface area contributed by atoms with Gasteiger partial charge in [0.1, 0.15) is 0 Å². The van der Waals surface area contributed by atoms with Crippen LogP contribution in [-0.4, -0.2) is 4.57 Å². The van der Waals surface area contributed by atoms with Gasteiger partial charge in [-0.3, -0.25) is 0 Å². The van der Waals surface area contributed by atoms with Crippen LogP contribution in [0.3, 0.4) is 0 Å². The Morgan fingerprint density at radius 2 is 1.08 bits per heavy atom. The largest absolute Gasteiger partial charge is 0.310 e. The lowest BCUT2D eigenvalue weighted by atomic mass is 9.80. The number of aromatic nitrogens is 1. The first-order valence-corrected chi connectivity index (χ1v) is 22.8. The topological polar surface area (TPSA) is 8.17 Å². The molecule has 2 heteroatoms. The molecule has 2 nitrogen and oxygen atoms in total. The van der Waals surface area contributed by atoms with Crippen LogP contribution in [0.25, 0.3) is 60.5 Å². The zero-order chi connectivity index (χ0) is 42.6. The summed E-state index contributed by atoms with van der Waals surface area (Å²) in [6, 6.07) is 66.2. The summed E-state index contributed by atoms with van der Waals surface area (Å²) in [6.07, 6.45) is 6.49. The molecule has 1 heterocycles. The molecular formula is C60H58N2. The van der Waals surface area contributed by atoms with Crippen molar-refractivity contribution in [1.82, 2.24) is 4.57 Å². The highest BCUT2D eigenvalue weighted by Crippen LogP contribution is 2.48. The Balaban J connectivity index is 1.23. The predicted molar refractivity (Wildman–Crippen MR) is 267 cm³/mol. The van der Waals surface area contributed by atoms with Gasteiger partial charge in [-0.1, -0.05) is 182 Å². The molecule has 9 aromatic rings. The van der Waals surface area contributed by atoms with Gasteiger partial charge in [0, 0.05) is 33.4 Å². The van der Waals surface area contributed by atoms with E-state index in [9.17, 15) is 0 Å². The molecule has 0 radical (unpaired) electrons. The Hall–Kier alpha value is -6.38. The van der Waals surface area contributed by atoms with Gasteiger partial charge in [-0.05, 0) is 128 Å². The molecule has 1 aliphatic carbocycles. The minimum absolute atomic E-state index is 0.0454. The summed E-state index contributed by atoms with van der Waals surface area (Å²) in [5.41, 5.74) is 16.2. The molecule has 0 spiro atoms. The first kappa shape index (κ1) is 39.7. The van der Waals surface area contributed by atoms with Gasteiger partial charge in [0.2, 0.25) is 0 Å². The van der Waals surface area contributed by atoms with Crippen LogP contribution in [0.2, 0.25) is 0 Å². The predicted octanol–water partition coefficient (Wildman–Crippen LogP) is 17.4. The molecule has 0 saturated heterocycles. The van der Waals surface area contributed by atoms with Crippen LogP contribution >= 0.6 is 0 Å². The molecular weight excluding hydrogens is 749 g/mol. The molecule has 10 rings (SSSR count). The lowest BCUT2D eigenvalue weighted by Crippen LogP contribution is -2.19. The highest BCUT2D eigenvalue weighted by atomic mass is 15.1. The van der Waals surface area contributed by atoms with Crippen molar-refractivity contribution >= 4 is 49.6 Å². The fourth-order valence-corrected chi connectivity index (χ4v) is 10.2. The van der Waals surface area contributed by atoms with Crippen molar-refractivity contribution < 1.29 is 0 Å². The van der Waals surface area contributed by atoms with Crippen molar-refractivity contribution in [2.45, 2.75) is 90.4 Å². The average molecular weight is 807 g/mol. The number of fused-ring (bicyclic) bond motifs is 4. The molecule has 0 atom stereocenters. The van der Waals surface area contributed by atoms with Crippen LogP contribution in [-0.2, 0) is 10.8 Å². The summed E-state index contributed by atoms with van der Waals surface area (Å²) in [7, 11) is 0. The SMILES string of the molecule is CC(C)(C)c1cc(N(c2cccc(-c3cccc4c3c3ccccc3n4-c3ccccc3)c2)c2ccccc2-c2cccc3cccc(C4CCCCC4)c23)cc(C(C)(C)C)c1. The van der Waals surface area contributed by atoms with Crippen molar-refractivity contribution in [3.8, 4) is 27.9 Å². The molecule has 0 aliphatic heterocycles. The van der Waals surface area contributed by atoms with Crippen molar-refractivity contribution in [1.29, 1.82) is 0 Å². The molecule has 62 heavy (non-hydrogen) atoms. The van der Waals surface area contributed by atoms with Gasteiger partial charge in [0.25, 0.3) is 0 Å². The number of nitrogens with zero attached hydrogens (tertiary/aromatic N) is 2. The number of para-hydroxylation sites is 3. The number of benzene rings is 8. The van der Waals surface area contributed by atoms with E-state index in [0.29, 0.717) is 5.92 Å². The third kappa shape index (κ3) is 7.20. The zero-order valence-electron chi connectivity index (χ0n) is 37.3. The molecule has 8 aromatic carbocycles. The lowest BCUT2D eigenvalue weighted by molar-refractivity contribution is 0.445. The van der Waals surface area contributed by atoms with E-state index < -0.39 is 0 Å². The third-order valence-corrected chi connectivity index (χ3v) is 13.5. The zero-order valence-corrected chi connectivity index (χ0v) is 37.3. The second-order valence-electron chi connectivity index (χ2n) is 19.6. The van der Waals surface area contributed by atoms with Crippen LogP contribution in [0.1, 0.15) is 96.3 Å². The summed E-state index contributed by atoms with van der Waals surface area (Å²) in [6.45, 7) is 14.0. The second-order valence-corrected chi connectivity index (χ2v) is 19.6. The molecule has 0 bridgehead atoms. The number of hydrogen-bond acceptors (Lipinski definition) is 1. The van der Waals surface area contributed by atoms with E-state index >= 15 is 0 Å². The van der Waals surface area contributed by atoms with Crippen molar-refractivity contribution in [3.05, 3.63) is 193 Å². The first-order valence-electron chi connectivity index (χ1n) is 22.8. The van der Waals surface area contributed by atoms with Gasteiger partial charge in [-0.15, -0.1) is 0 Å². The van der Waals surface area contributed by atoms with Crippen LogP contribution in [0, 0.1) is 0 Å². The van der Waals surface area contributed by atoms with Crippen molar-refractivity contribution in [2.24, 2.45) is 0 Å². The summed E-state index contributed by atoms with van der Waals surface area (Å²) >= 11 is 0. The standard InChI is InChI=1S/C60H58N2/c1-59(2,3)44-38-45(60(4,5)6)40-48(39-44)61(54-34-15-13-29-51(54)52-33-19-24-42-23-18-31-49(57(42)52)41-21-9-7-10-22-41)47-28-17-25-43(37-47)50-32-20-36-56-58(50)53-30-14-16-35-55(53)62(56)46-26-11-8-12-27-46/h8,11-20,23-41H,7,9-10,21-22H2,1-6H3. The van der Waals surface area contributed by atoms with Crippen LogP contribution in [0.4, 0.5) is 17.1 Å². The monoisotopic (exact) mass is 806 g/mol. The minimum Gasteiger partial charge on any atom is -0.310 e.